The molecular formula is C9H14BrN3O2. The van der Waals surface area contributed by atoms with Gasteiger partial charge in [-0.3, -0.25) is 0 Å². The number of nitrogens with zero attached hydrogens (tertiary/aromatic N) is 2. The van der Waals surface area contributed by atoms with E-state index in [-0.39, 0.29) is 0 Å². The zero-order valence-electron chi connectivity index (χ0n) is 8.48. The summed E-state index contributed by atoms with van der Waals surface area (Å²) in [6.07, 6.45) is 3.49. The van der Waals surface area contributed by atoms with Gasteiger partial charge in [-0.1, -0.05) is 0 Å². The number of ether oxygens (including phenoxy) is 1. The summed E-state index contributed by atoms with van der Waals surface area (Å²) in [5.41, 5.74) is 0. The van der Waals surface area contributed by atoms with E-state index in [0.717, 1.165) is 4.47 Å². The molecule has 0 saturated carbocycles. The fraction of sp³-hybridized carbons (Fsp3) is 0.556. The van der Waals surface area contributed by atoms with Crippen LogP contribution >= 0.6 is 15.9 Å². The van der Waals surface area contributed by atoms with Crippen molar-refractivity contribution in [3.8, 4) is 0 Å². The minimum atomic E-state index is -0.446. The third kappa shape index (κ3) is 5.06. The molecule has 0 aliphatic carbocycles. The van der Waals surface area contributed by atoms with Crippen LogP contribution in [0.3, 0.4) is 0 Å². The largest absolute Gasteiger partial charge is 0.391 e. The highest BCUT2D eigenvalue weighted by atomic mass is 79.9. The Morgan fingerprint density at radius 1 is 1.53 bits per heavy atom. The number of methoxy groups -OCH3 is 1. The summed E-state index contributed by atoms with van der Waals surface area (Å²) in [7, 11) is 1.56. The molecule has 1 aromatic heterocycles. The Bertz CT molecular complexity index is 281. The Kier molecular flexibility index (Phi) is 5.52. The third-order valence-corrected chi connectivity index (χ3v) is 2.15. The Morgan fingerprint density at radius 3 is 2.80 bits per heavy atom. The highest BCUT2D eigenvalue weighted by Gasteiger charge is 2.03. The minimum absolute atomic E-state index is 0.350. The number of nitrogens with one attached hydrogen (secondary N) is 1. The first kappa shape index (κ1) is 12.4. The van der Waals surface area contributed by atoms with Crippen molar-refractivity contribution in [2.24, 2.45) is 0 Å². The van der Waals surface area contributed by atoms with Gasteiger partial charge in [0.05, 0.1) is 17.2 Å². The second kappa shape index (κ2) is 6.71. The van der Waals surface area contributed by atoms with Gasteiger partial charge in [0.15, 0.2) is 0 Å². The fourth-order valence-electron chi connectivity index (χ4n) is 1.03. The molecule has 15 heavy (non-hydrogen) atoms. The lowest BCUT2D eigenvalue weighted by Crippen LogP contribution is -2.18. The first-order chi connectivity index (χ1) is 7.22. The van der Waals surface area contributed by atoms with Gasteiger partial charge in [-0.25, -0.2) is 9.97 Å². The van der Waals surface area contributed by atoms with E-state index in [1.165, 1.54) is 0 Å². The van der Waals surface area contributed by atoms with Crippen LogP contribution < -0.4 is 5.32 Å². The lowest BCUT2D eigenvalue weighted by atomic mass is 10.3. The van der Waals surface area contributed by atoms with Crippen molar-refractivity contribution in [2.45, 2.75) is 12.5 Å². The van der Waals surface area contributed by atoms with Gasteiger partial charge in [0.25, 0.3) is 0 Å². The summed E-state index contributed by atoms with van der Waals surface area (Å²) in [4.78, 5) is 8.08. The number of aliphatic hydroxyl groups is 1. The van der Waals surface area contributed by atoms with Crippen molar-refractivity contribution in [3.05, 3.63) is 16.9 Å². The number of rotatable bonds is 6. The van der Waals surface area contributed by atoms with Crippen molar-refractivity contribution in [1.29, 1.82) is 0 Å². The molecule has 1 rings (SSSR count). The number of halogens is 1. The normalized spacial score (nSPS) is 12.5. The van der Waals surface area contributed by atoms with Crippen molar-refractivity contribution in [2.75, 3.05) is 25.6 Å². The molecule has 1 heterocycles. The fourth-order valence-corrected chi connectivity index (χ4v) is 1.23. The second-order valence-corrected chi connectivity index (χ2v) is 3.97. The molecule has 1 atom stereocenters. The number of anilines is 1. The van der Waals surface area contributed by atoms with E-state index in [0.29, 0.717) is 25.5 Å². The SMILES string of the molecule is COCC(O)CCNc1ncc(Br)cn1. The van der Waals surface area contributed by atoms with Crippen LogP contribution in [0.2, 0.25) is 0 Å². The van der Waals surface area contributed by atoms with Gasteiger partial charge in [-0.15, -0.1) is 0 Å². The van der Waals surface area contributed by atoms with Crippen molar-refractivity contribution in [3.63, 3.8) is 0 Å². The number of hydrogen-bond acceptors (Lipinski definition) is 5. The average molecular weight is 276 g/mol. The molecule has 0 amide bonds. The average Bonchev–Trinajstić information content (AvgIpc) is 2.21. The van der Waals surface area contributed by atoms with Gasteiger partial charge in [-0.2, -0.15) is 0 Å². The molecule has 0 bridgehead atoms. The summed E-state index contributed by atoms with van der Waals surface area (Å²) in [5.74, 6) is 0.558. The maximum absolute atomic E-state index is 9.36. The van der Waals surface area contributed by atoms with Crippen molar-refractivity contribution in [1.82, 2.24) is 9.97 Å². The predicted molar refractivity (Wildman–Crippen MR) is 60.7 cm³/mol. The van der Waals surface area contributed by atoms with Gasteiger partial charge in [-0.05, 0) is 22.4 Å². The molecule has 2 N–H and O–H groups in total. The molecule has 1 aromatic rings. The molecular weight excluding hydrogens is 262 g/mol. The topological polar surface area (TPSA) is 67.3 Å². The van der Waals surface area contributed by atoms with Crippen LogP contribution in [0.25, 0.3) is 0 Å². The van der Waals surface area contributed by atoms with E-state index in [1.807, 2.05) is 0 Å². The quantitative estimate of drug-likeness (QED) is 0.813. The number of aliphatic hydroxyl groups excluding tert-OH is 1. The Hall–Kier alpha value is -0.720. The van der Waals surface area contributed by atoms with Crippen LogP contribution in [0, 0.1) is 0 Å². The maximum atomic E-state index is 9.36. The predicted octanol–water partition coefficient (Wildman–Crippen LogP) is 1.05. The van der Waals surface area contributed by atoms with E-state index >= 15 is 0 Å². The van der Waals surface area contributed by atoms with E-state index in [9.17, 15) is 5.11 Å². The molecule has 0 saturated heterocycles. The highest BCUT2D eigenvalue weighted by molar-refractivity contribution is 9.10. The van der Waals surface area contributed by atoms with Crippen LogP contribution in [-0.4, -0.2) is 41.4 Å². The Morgan fingerprint density at radius 2 is 2.20 bits per heavy atom. The molecule has 6 heteroatoms. The van der Waals surface area contributed by atoms with Crippen LogP contribution in [-0.2, 0) is 4.74 Å². The Labute approximate surface area is 97.0 Å². The number of aromatic nitrogens is 2. The van der Waals surface area contributed by atoms with Gasteiger partial charge in [0.2, 0.25) is 5.95 Å². The van der Waals surface area contributed by atoms with Crippen molar-refractivity contribution < 1.29 is 9.84 Å². The summed E-state index contributed by atoms with van der Waals surface area (Å²) in [6, 6.07) is 0. The molecule has 1 unspecified atom stereocenters. The van der Waals surface area contributed by atoms with Gasteiger partial charge in [0, 0.05) is 26.0 Å². The van der Waals surface area contributed by atoms with Crippen LogP contribution in [0.5, 0.6) is 0 Å². The summed E-state index contributed by atoms with van der Waals surface area (Å²) in [6.45, 7) is 0.967. The van der Waals surface area contributed by atoms with E-state index in [4.69, 9.17) is 4.74 Å². The van der Waals surface area contributed by atoms with E-state index in [2.05, 4.69) is 31.2 Å². The molecule has 0 fully saturated rings. The molecule has 0 aliphatic heterocycles. The maximum Gasteiger partial charge on any atom is 0.222 e. The lowest BCUT2D eigenvalue weighted by Gasteiger charge is -2.09. The molecule has 0 spiro atoms. The minimum Gasteiger partial charge on any atom is -0.391 e. The summed E-state index contributed by atoms with van der Waals surface area (Å²) < 4.78 is 5.65. The first-order valence-electron chi connectivity index (χ1n) is 4.61. The van der Waals surface area contributed by atoms with Gasteiger partial charge in [0.1, 0.15) is 0 Å². The molecule has 0 aliphatic rings. The monoisotopic (exact) mass is 275 g/mol. The van der Waals surface area contributed by atoms with Gasteiger partial charge >= 0.3 is 0 Å². The standard InChI is InChI=1S/C9H14BrN3O2/c1-15-6-8(14)2-3-11-9-12-4-7(10)5-13-9/h4-5,8,14H,2-3,6H2,1H3,(H,11,12,13). The second-order valence-electron chi connectivity index (χ2n) is 3.05. The van der Waals surface area contributed by atoms with Crippen LogP contribution in [0.1, 0.15) is 6.42 Å². The van der Waals surface area contributed by atoms with E-state index in [1.54, 1.807) is 19.5 Å². The van der Waals surface area contributed by atoms with Gasteiger partial charge < -0.3 is 15.2 Å². The first-order valence-corrected chi connectivity index (χ1v) is 5.40. The number of hydrogen-bond donors (Lipinski definition) is 2. The summed E-state index contributed by atoms with van der Waals surface area (Å²) >= 11 is 3.25. The van der Waals surface area contributed by atoms with E-state index < -0.39 is 6.10 Å². The summed E-state index contributed by atoms with van der Waals surface area (Å²) in [5, 5.41) is 12.4. The Balaban J connectivity index is 2.22. The molecule has 0 radical (unpaired) electrons. The van der Waals surface area contributed by atoms with Crippen molar-refractivity contribution >= 4 is 21.9 Å². The smallest absolute Gasteiger partial charge is 0.222 e. The van der Waals surface area contributed by atoms with Crippen LogP contribution in [0.4, 0.5) is 5.95 Å². The highest BCUT2D eigenvalue weighted by Crippen LogP contribution is 2.06. The molecule has 84 valence electrons. The zero-order valence-corrected chi connectivity index (χ0v) is 10.1. The van der Waals surface area contributed by atoms with Crippen LogP contribution in [0.15, 0.2) is 16.9 Å². The third-order valence-electron chi connectivity index (χ3n) is 1.74. The molecule has 0 aromatic carbocycles. The zero-order chi connectivity index (χ0) is 11.1. The lowest BCUT2D eigenvalue weighted by molar-refractivity contribution is 0.0615. The molecule has 5 nitrogen and oxygen atoms in total.